The van der Waals surface area contributed by atoms with Crippen molar-refractivity contribution in [3.05, 3.63) is 63.6 Å². The second-order valence-electron chi connectivity index (χ2n) is 10.2. The van der Waals surface area contributed by atoms with E-state index < -0.39 is 46.3 Å². The fourth-order valence-corrected chi connectivity index (χ4v) is 7.67. The molecule has 0 spiro atoms. The molecule has 4 aromatic rings. The lowest BCUT2D eigenvalue weighted by atomic mass is 9.98. The molecule has 17 heteroatoms. The molecule has 0 saturated carbocycles. The Morgan fingerprint density at radius 1 is 1.23 bits per heavy atom. The number of aromatic nitrogens is 5. The van der Waals surface area contributed by atoms with Crippen LogP contribution in [0.25, 0.3) is 4.96 Å². The predicted molar refractivity (Wildman–Crippen MR) is 151 cm³/mol. The third kappa shape index (κ3) is 5.38. The van der Waals surface area contributed by atoms with Crippen molar-refractivity contribution >= 4 is 38.8 Å². The van der Waals surface area contributed by atoms with E-state index in [1.165, 1.54) is 21.5 Å². The Bertz CT molecular complexity index is 1710. The van der Waals surface area contributed by atoms with Gasteiger partial charge in [-0.15, -0.1) is 15.9 Å². The molecule has 1 fully saturated rings. The smallest absolute Gasteiger partial charge is 0.445 e. The molecule has 1 amide bonds. The molecule has 0 aromatic carbocycles. The Balaban J connectivity index is 1.32. The first kappa shape index (κ1) is 29.5. The van der Waals surface area contributed by atoms with Crippen LogP contribution in [0, 0.1) is 12.7 Å². The number of carbonyl (C=O) groups is 1. The fourth-order valence-electron chi connectivity index (χ4n) is 5.32. The third-order valence-electron chi connectivity index (χ3n) is 7.29. The lowest BCUT2D eigenvalue weighted by Crippen LogP contribution is -2.44. The minimum absolute atomic E-state index is 0.0197. The standard InChI is InChI=1S/C26H27F4N7O4S2/c1-3-16-18(5-6-19(32-16)36-8-4-10-43(36,39)40)41-13-20(38)35-9-7-17-22(23(35)21-15(27)11-14(2)12-31-21)37-25(33-17)42-24(34-37)26(28,29)30/h5-6,11-12,23,39-40H,3-4,7-10,13H2,1-2H3. The largest absolute Gasteiger partial charge is 0.482 e. The molecule has 11 nitrogen and oxygen atoms in total. The van der Waals surface area contributed by atoms with Gasteiger partial charge in [0.1, 0.15) is 29.1 Å². The van der Waals surface area contributed by atoms with Crippen LogP contribution in [0.3, 0.4) is 0 Å². The van der Waals surface area contributed by atoms with Crippen molar-refractivity contribution in [1.82, 2.24) is 29.5 Å². The van der Waals surface area contributed by atoms with Crippen molar-refractivity contribution in [2.75, 3.05) is 29.8 Å². The maximum Gasteiger partial charge on any atom is 0.445 e. The Hall–Kier alpha value is -3.54. The second kappa shape index (κ2) is 10.9. The van der Waals surface area contributed by atoms with Gasteiger partial charge < -0.3 is 9.64 Å². The van der Waals surface area contributed by atoms with Gasteiger partial charge in [0.15, 0.2) is 6.61 Å². The highest BCUT2D eigenvalue weighted by Crippen LogP contribution is 2.50. The van der Waals surface area contributed by atoms with Crippen molar-refractivity contribution < 1.29 is 36.2 Å². The zero-order valence-corrected chi connectivity index (χ0v) is 24.6. The number of imidazole rings is 1. The molecule has 2 aliphatic heterocycles. The zero-order valence-electron chi connectivity index (χ0n) is 23.0. The molecule has 1 atom stereocenters. The Morgan fingerprint density at radius 3 is 2.70 bits per heavy atom. The number of hydrogen-bond donors (Lipinski definition) is 2. The van der Waals surface area contributed by atoms with Crippen LogP contribution in [-0.2, 0) is 23.8 Å². The normalized spacial score (nSPS) is 19.1. The number of amides is 1. The number of aryl methyl sites for hydroxylation is 2. The van der Waals surface area contributed by atoms with Crippen molar-refractivity contribution in [2.45, 2.75) is 45.3 Å². The molecule has 1 unspecified atom stereocenters. The van der Waals surface area contributed by atoms with Gasteiger partial charge in [-0.3, -0.25) is 23.2 Å². The first-order chi connectivity index (χ1) is 20.4. The topological polar surface area (TPSA) is 129 Å². The van der Waals surface area contributed by atoms with Gasteiger partial charge >= 0.3 is 6.18 Å². The highest BCUT2D eigenvalue weighted by atomic mass is 32.3. The summed E-state index contributed by atoms with van der Waals surface area (Å²) in [6, 6.07) is 3.23. The van der Waals surface area contributed by atoms with Crippen molar-refractivity contribution in [1.29, 1.82) is 0 Å². The summed E-state index contributed by atoms with van der Waals surface area (Å²) in [5.41, 5.74) is 1.43. The Labute approximate surface area is 248 Å². The molecule has 0 aliphatic carbocycles. The number of carbonyl (C=O) groups excluding carboxylic acids is 1. The summed E-state index contributed by atoms with van der Waals surface area (Å²) in [6.45, 7) is 3.55. The van der Waals surface area contributed by atoms with E-state index in [-0.39, 0.29) is 35.1 Å². The quantitative estimate of drug-likeness (QED) is 0.278. The van der Waals surface area contributed by atoms with Gasteiger partial charge in [0.25, 0.3) is 5.91 Å². The van der Waals surface area contributed by atoms with Gasteiger partial charge in [0.05, 0.1) is 22.8 Å². The van der Waals surface area contributed by atoms with E-state index in [9.17, 15) is 27.1 Å². The highest BCUT2D eigenvalue weighted by Gasteiger charge is 2.42. The predicted octanol–water partition coefficient (Wildman–Crippen LogP) is 5.04. The van der Waals surface area contributed by atoms with Gasteiger partial charge in [0.2, 0.25) is 9.97 Å². The van der Waals surface area contributed by atoms with E-state index >= 15 is 4.39 Å². The summed E-state index contributed by atoms with van der Waals surface area (Å²) in [7, 11) is -2.94. The maximum absolute atomic E-state index is 15.3. The summed E-state index contributed by atoms with van der Waals surface area (Å²) in [5.74, 6) is -0.314. The molecule has 6 heterocycles. The first-order valence-corrected chi connectivity index (χ1v) is 15.9. The second-order valence-corrected chi connectivity index (χ2v) is 13.3. The van der Waals surface area contributed by atoms with Gasteiger partial charge in [-0.2, -0.15) is 13.2 Å². The van der Waals surface area contributed by atoms with Gasteiger partial charge in [-0.05, 0) is 43.5 Å². The lowest BCUT2D eigenvalue weighted by Gasteiger charge is -2.37. The number of ether oxygens (including phenoxy) is 1. The number of fused-ring (bicyclic) bond motifs is 3. The number of hydrogen-bond acceptors (Lipinski definition) is 10. The van der Waals surface area contributed by atoms with Crippen LogP contribution in [0.1, 0.15) is 52.7 Å². The molecule has 2 N–H and O–H groups in total. The van der Waals surface area contributed by atoms with Crippen molar-refractivity contribution in [3.8, 4) is 5.75 Å². The number of halogens is 4. The monoisotopic (exact) mass is 641 g/mol. The SMILES string of the molecule is CCc1nc(N2CCCS2(O)O)ccc1OCC(=O)N1CCc2nc3sc(C(F)(F)F)nn3c2C1c1ncc(C)cc1F. The molecule has 6 rings (SSSR count). The van der Waals surface area contributed by atoms with Gasteiger partial charge in [-0.25, -0.2) is 18.9 Å². The van der Waals surface area contributed by atoms with Crippen LogP contribution < -0.4 is 9.04 Å². The summed E-state index contributed by atoms with van der Waals surface area (Å²) in [5, 5.41) is 2.61. The van der Waals surface area contributed by atoms with E-state index in [2.05, 4.69) is 20.1 Å². The van der Waals surface area contributed by atoms with E-state index in [0.717, 1.165) is 4.52 Å². The molecule has 230 valence electrons. The zero-order chi connectivity index (χ0) is 30.7. The number of anilines is 1. The molecule has 0 radical (unpaired) electrons. The molecule has 4 aromatic heterocycles. The highest BCUT2D eigenvalue weighted by molar-refractivity contribution is 8.25. The van der Waals surface area contributed by atoms with E-state index in [0.29, 0.717) is 59.2 Å². The molecular formula is C26H27F4N7O4S2. The van der Waals surface area contributed by atoms with Crippen molar-refractivity contribution in [3.63, 3.8) is 0 Å². The average molecular weight is 642 g/mol. The number of pyridine rings is 2. The van der Waals surface area contributed by atoms with Gasteiger partial charge in [0, 0.05) is 25.7 Å². The first-order valence-electron chi connectivity index (χ1n) is 13.4. The summed E-state index contributed by atoms with van der Waals surface area (Å²) in [4.78, 5) is 28.0. The van der Waals surface area contributed by atoms with E-state index in [1.807, 2.05) is 6.92 Å². The van der Waals surface area contributed by atoms with Crippen LogP contribution >= 0.6 is 22.1 Å². The van der Waals surface area contributed by atoms with Crippen LogP contribution in [-0.4, -0.2) is 69.9 Å². The maximum atomic E-state index is 15.3. The van der Waals surface area contributed by atoms with Crippen LogP contribution in [0.5, 0.6) is 5.75 Å². The summed E-state index contributed by atoms with van der Waals surface area (Å²) >= 11 is 0.366. The number of rotatable bonds is 6. The Kier molecular flexibility index (Phi) is 7.46. The minimum atomic E-state index is -4.70. The van der Waals surface area contributed by atoms with Crippen LogP contribution in [0.15, 0.2) is 24.4 Å². The molecule has 1 saturated heterocycles. The van der Waals surface area contributed by atoms with Crippen molar-refractivity contribution in [2.24, 2.45) is 0 Å². The molecule has 43 heavy (non-hydrogen) atoms. The lowest BCUT2D eigenvalue weighted by molar-refractivity contribution is -0.138. The number of nitrogens with zero attached hydrogens (tertiary/aromatic N) is 7. The molecule has 0 bridgehead atoms. The summed E-state index contributed by atoms with van der Waals surface area (Å²) < 4.78 is 84.7. The fraction of sp³-hybridized carbons (Fsp3) is 0.423. The number of alkyl halides is 3. The average Bonchev–Trinajstić information content (AvgIpc) is 3.63. The minimum Gasteiger partial charge on any atom is -0.482 e. The third-order valence-corrected chi connectivity index (χ3v) is 10.2. The van der Waals surface area contributed by atoms with Crippen LogP contribution in [0.2, 0.25) is 0 Å². The summed E-state index contributed by atoms with van der Waals surface area (Å²) in [6.07, 6.45) is -2.03. The molecule has 2 aliphatic rings. The van der Waals surface area contributed by atoms with Gasteiger partial charge in [-0.1, -0.05) is 18.3 Å². The van der Waals surface area contributed by atoms with Crippen LogP contribution in [0.4, 0.5) is 23.4 Å². The Morgan fingerprint density at radius 2 is 2.02 bits per heavy atom. The van der Waals surface area contributed by atoms with E-state index in [1.54, 1.807) is 19.1 Å². The van der Waals surface area contributed by atoms with E-state index in [4.69, 9.17) is 4.74 Å². The molecular weight excluding hydrogens is 614 g/mol.